The van der Waals surface area contributed by atoms with E-state index in [0.29, 0.717) is 12.4 Å². The lowest BCUT2D eigenvalue weighted by Crippen LogP contribution is -2.02. The molecular formula is C16H15N3O2S. The van der Waals surface area contributed by atoms with Crippen LogP contribution in [-0.4, -0.2) is 22.1 Å². The highest BCUT2D eigenvalue weighted by molar-refractivity contribution is 7.13. The number of thiazole rings is 1. The van der Waals surface area contributed by atoms with Crippen molar-refractivity contribution in [1.82, 2.24) is 15.0 Å². The van der Waals surface area contributed by atoms with Crippen LogP contribution < -0.4 is 9.47 Å². The van der Waals surface area contributed by atoms with Gasteiger partial charge in [0.1, 0.15) is 18.1 Å². The Kier molecular flexibility index (Phi) is 4.29. The van der Waals surface area contributed by atoms with Crippen molar-refractivity contribution < 1.29 is 9.47 Å². The Morgan fingerprint density at radius 1 is 1.14 bits per heavy atom. The van der Waals surface area contributed by atoms with Gasteiger partial charge in [-0.25, -0.2) is 15.0 Å². The quantitative estimate of drug-likeness (QED) is 0.721. The Hall–Kier alpha value is -2.47. The van der Waals surface area contributed by atoms with Crippen LogP contribution in [0, 0.1) is 6.92 Å². The summed E-state index contributed by atoms with van der Waals surface area (Å²) in [5, 5.41) is 0. The Bertz CT molecular complexity index is 773. The number of hydrogen-bond acceptors (Lipinski definition) is 6. The monoisotopic (exact) mass is 313 g/mol. The number of benzene rings is 1. The van der Waals surface area contributed by atoms with E-state index in [1.165, 1.54) is 0 Å². The first-order chi connectivity index (χ1) is 10.8. The van der Waals surface area contributed by atoms with Crippen LogP contribution in [0.1, 0.15) is 11.5 Å². The zero-order valence-corrected chi connectivity index (χ0v) is 13.1. The van der Waals surface area contributed by atoms with Crippen LogP contribution in [0.2, 0.25) is 0 Å². The average Bonchev–Trinajstić information content (AvgIpc) is 2.99. The summed E-state index contributed by atoms with van der Waals surface area (Å²) in [6.07, 6.45) is 1.74. The van der Waals surface area contributed by atoms with E-state index in [-0.39, 0.29) is 0 Å². The van der Waals surface area contributed by atoms with Gasteiger partial charge in [0.05, 0.1) is 28.9 Å². The first-order valence-corrected chi connectivity index (χ1v) is 7.63. The fourth-order valence-corrected chi connectivity index (χ4v) is 2.76. The first kappa shape index (κ1) is 14.5. The van der Waals surface area contributed by atoms with Crippen LogP contribution in [0.4, 0.5) is 0 Å². The lowest BCUT2D eigenvalue weighted by atomic mass is 10.3. The molecule has 2 heterocycles. The predicted octanol–water partition coefficient (Wildman–Crippen LogP) is 3.50. The smallest absolute Gasteiger partial charge is 0.166 e. The van der Waals surface area contributed by atoms with Crippen LogP contribution in [0.5, 0.6) is 11.5 Å². The van der Waals surface area contributed by atoms with E-state index in [1.54, 1.807) is 24.6 Å². The van der Waals surface area contributed by atoms with Crippen molar-refractivity contribution in [2.45, 2.75) is 13.5 Å². The van der Waals surface area contributed by atoms with Crippen molar-refractivity contribution in [3.8, 4) is 22.1 Å². The lowest BCUT2D eigenvalue weighted by Gasteiger charge is -2.07. The van der Waals surface area contributed by atoms with Crippen molar-refractivity contribution in [1.29, 1.82) is 0 Å². The third-order valence-corrected chi connectivity index (χ3v) is 4.04. The first-order valence-electron chi connectivity index (χ1n) is 6.75. The summed E-state index contributed by atoms with van der Waals surface area (Å²) in [5.41, 5.74) is 3.67. The Morgan fingerprint density at radius 2 is 2.00 bits per heavy atom. The zero-order chi connectivity index (χ0) is 15.4. The minimum atomic E-state index is 0.304. The molecule has 1 aromatic carbocycles. The summed E-state index contributed by atoms with van der Waals surface area (Å²) < 4.78 is 10.9. The molecule has 3 rings (SSSR count). The third-order valence-electron chi connectivity index (χ3n) is 3.09. The Labute approximate surface area is 132 Å². The van der Waals surface area contributed by atoms with Crippen LogP contribution in [0.15, 0.2) is 42.0 Å². The third kappa shape index (κ3) is 3.23. The highest BCUT2D eigenvalue weighted by atomic mass is 32.1. The van der Waals surface area contributed by atoms with Crippen molar-refractivity contribution in [3.05, 3.63) is 53.6 Å². The molecule has 22 heavy (non-hydrogen) atoms. The van der Waals surface area contributed by atoms with Crippen molar-refractivity contribution in [2.75, 3.05) is 7.11 Å². The van der Waals surface area contributed by atoms with E-state index in [1.807, 2.05) is 42.8 Å². The van der Waals surface area contributed by atoms with E-state index >= 15 is 0 Å². The van der Waals surface area contributed by atoms with Crippen LogP contribution >= 0.6 is 11.3 Å². The minimum Gasteiger partial charge on any atom is -0.497 e. The number of methoxy groups -OCH3 is 1. The van der Waals surface area contributed by atoms with Gasteiger partial charge in [-0.15, -0.1) is 11.3 Å². The van der Waals surface area contributed by atoms with Crippen LogP contribution in [-0.2, 0) is 6.61 Å². The molecule has 0 fully saturated rings. The molecule has 0 aliphatic carbocycles. The van der Waals surface area contributed by atoms with Gasteiger partial charge in [0.25, 0.3) is 0 Å². The van der Waals surface area contributed by atoms with Crippen molar-refractivity contribution >= 4 is 11.3 Å². The molecule has 0 aliphatic rings. The average molecular weight is 313 g/mol. The minimum absolute atomic E-state index is 0.304. The SMILES string of the molecule is COc1cccc(OCc2nccc(-c3scnc3C)n2)c1. The highest BCUT2D eigenvalue weighted by Crippen LogP contribution is 2.25. The van der Waals surface area contributed by atoms with Gasteiger partial charge in [0.2, 0.25) is 0 Å². The molecule has 0 N–H and O–H groups in total. The number of ether oxygens (including phenoxy) is 2. The fraction of sp³-hybridized carbons (Fsp3) is 0.188. The van der Waals surface area contributed by atoms with E-state index in [4.69, 9.17) is 9.47 Å². The molecule has 0 bridgehead atoms. The Morgan fingerprint density at radius 3 is 2.77 bits per heavy atom. The second kappa shape index (κ2) is 6.53. The molecule has 0 saturated heterocycles. The number of aryl methyl sites for hydroxylation is 1. The van der Waals surface area contributed by atoms with Gasteiger partial charge in [0.15, 0.2) is 5.82 Å². The van der Waals surface area contributed by atoms with Gasteiger partial charge < -0.3 is 9.47 Å². The molecule has 0 saturated carbocycles. The normalized spacial score (nSPS) is 10.5. The molecule has 6 heteroatoms. The topological polar surface area (TPSA) is 57.1 Å². The molecule has 0 atom stereocenters. The zero-order valence-electron chi connectivity index (χ0n) is 12.3. The second-order valence-corrected chi connectivity index (χ2v) is 5.45. The highest BCUT2D eigenvalue weighted by Gasteiger charge is 2.08. The van der Waals surface area contributed by atoms with Gasteiger partial charge >= 0.3 is 0 Å². The molecular weight excluding hydrogens is 298 g/mol. The van der Waals surface area contributed by atoms with Gasteiger partial charge in [0, 0.05) is 12.3 Å². The predicted molar refractivity (Wildman–Crippen MR) is 85.2 cm³/mol. The number of hydrogen-bond donors (Lipinski definition) is 0. The van der Waals surface area contributed by atoms with Gasteiger partial charge in [-0.2, -0.15) is 0 Å². The number of rotatable bonds is 5. The van der Waals surface area contributed by atoms with Crippen molar-refractivity contribution in [2.24, 2.45) is 0 Å². The standard InChI is InChI=1S/C16H15N3O2S/c1-11-16(22-10-18-11)14-6-7-17-15(19-14)9-21-13-5-3-4-12(8-13)20-2/h3-8,10H,9H2,1-2H3. The molecule has 2 aromatic heterocycles. The summed E-state index contributed by atoms with van der Waals surface area (Å²) in [5.74, 6) is 2.11. The summed E-state index contributed by atoms with van der Waals surface area (Å²) in [4.78, 5) is 14.1. The molecule has 0 unspecified atom stereocenters. The largest absolute Gasteiger partial charge is 0.497 e. The van der Waals surface area contributed by atoms with E-state index < -0.39 is 0 Å². The summed E-state index contributed by atoms with van der Waals surface area (Å²) in [6.45, 7) is 2.28. The molecule has 0 amide bonds. The summed E-state index contributed by atoms with van der Waals surface area (Å²) in [7, 11) is 1.63. The summed E-state index contributed by atoms with van der Waals surface area (Å²) in [6, 6.07) is 9.34. The summed E-state index contributed by atoms with van der Waals surface area (Å²) >= 11 is 1.57. The van der Waals surface area contributed by atoms with Crippen LogP contribution in [0.3, 0.4) is 0 Å². The lowest BCUT2D eigenvalue weighted by molar-refractivity contribution is 0.293. The van der Waals surface area contributed by atoms with E-state index in [0.717, 1.165) is 27.8 Å². The number of aromatic nitrogens is 3. The molecule has 3 aromatic rings. The molecule has 0 radical (unpaired) electrons. The van der Waals surface area contributed by atoms with Gasteiger partial charge in [-0.05, 0) is 25.1 Å². The second-order valence-electron chi connectivity index (χ2n) is 4.59. The molecule has 112 valence electrons. The molecule has 0 spiro atoms. The molecule has 5 nitrogen and oxygen atoms in total. The van der Waals surface area contributed by atoms with E-state index in [9.17, 15) is 0 Å². The maximum Gasteiger partial charge on any atom is 0.166 e. The van der Waals surface area contributed by atoms with Gasteiger partial charge in [-0.3, -0.25) is 0 Å². The maximum absolute atomic E-state index is 5.72. The van der Waals surface area contributed by atoms with Crippen molar-refractivity contribution in [3.63, 3.8) is 0 Å². The van der Waals surface area contributed by atoms with Gasteiger partial charge in [-0.1, -0.05) is 6.07 Å². The Balaban J connectivity index is 1.74. The fourth-order valence-electron chi connectivity index (χ4n) is 1.98. The maximum atomic E-state index is 5.72. The van der Waals surface area contributed by atoms with Crippen LogP contribution in [0.25, 0.3) is 10.6 Å². The number of nitrogens with zero attached hydrogens (tertiary/aromatic N) is 3. The van der Waals surface area contributed by atoms with E-state index in [2.05, 4.69) is 15.0 Å². The molecule has 0 aliphatic heterocycles.